The summed E-state index contributed by atoms with van der Waals surface area (Å²) in [5.41, 5.74) is 0.676. The van der Waals surface area contributed by atoms with Gasteiger partial charge in [-0.05, 0) is 55.4 Å². The van der Waals surface area contributed by atoms with Crippen LogP contribution in [-0.2, 0) is 0 Å². The van der Waals surface area contributed by atoms with E-state index < -0.39 is 0 Å². The van der Waals surface area contributed by atoms with Crippen LogP contribution in [0.4, 0.5) is 0 Å². The number of hydrogen-bond acceptors (Lipinski definition) is 2. The number of nitrogens with one attached hydrogen (secondary N) is 1. The van der Waals surface area contributed by atoms with E-state index in [0.717, 1.165) is 6.04 Å². The van der Waals surface area contributed by atoms with Gasteiger partial charge in [0.1, 0.15) is 0 Å². The van der Waals surface area contributed by atoms with Gasteiger partial charge in [-0.1, -0.05) is 26.2 Å². The molecule has 100 valence electrons. The Morgan fingerprint density at radius 3 is 2.59 bits per heavy atom. The lowest BCUT2D eigenvalue weighted by Gasteiger charge is -2.38. The SMILES string of the molecule is CCSCCCC1(CNC2CC2)CCCCC1. The first-order valence-corrected chi connectivity index (χ1v) is 8.81. The fourth-order valence-electron chi connectivity index (χ4n) is 3.16. The van der Waals surface area contributed by atoms with Gasteiger partial charge in [-0.3, -0.25) is 0 Å². The average Bonchev–Trinajstić information content (AvgIpc) is 3.18. The summed E-state index contributed by atoms with van der Waals surface area (Å²) in [6.45, 7) is 3.59. The van der Waals surface area contributed by atoms with Crippen LogP contribution in [0.15, 0.2) is 0 Å². The summed E-state index contributed by atoms with van der Waals surface area (Å²) in [6.07, 6.45) is 13.2. The topological polar surface area (TPSA) is 12.0 Å². The molecule has 0 unspecified atom stereocenters. The predicted molar refractivity (Wildman–Crippen MR) is 78.8 cm³/mol. The smallest absolute Gasteiger partial charge is 0.00684 e. The Morgan fingerprint density at radius 1 is 1.18 bits per heavy atom. The molecule has 0 bridgehead atoms. The Labute approximate surface area is 112 Å². The third kappa shape index (κ3) is 4.82. The summed E-state index contributed by atoms with van der Waals surface area (Å²) in [6, 6.07) is 0.888. The van der Waals surface area contributed by atoms with Crippen molar-refractivity contribution in [3.05, 3.63) is 0 Å². The monoisotopic (exact) mass is 255 g/mol. The molecule has 1 N–H and O–H groups in total. The third-order valence-corrected chi connectivity index (χ3v) is 5.44. The van der Waals surface area contributed by atoms with Crippen molar-refractivity contribution in [1.29, 1.82) is 0 Å². The molecular formula is C15H29NS. The molecule has 0 aromatic carbocycles. The Hall–Kier alpha value is 0.310. The Bertz CT molecular complexity index is 207. The van der Waals surface area contributed by atoms with Crippen molar-refractivity contribution < 1.29 is 0 Å². The van der Waals surface area contributed by atoms with Crippen molar-refractivity contribution >= 4 is 11.8 Å². The van der Waals surface area contributed by atoms with E-state index in [0.29, 0.717) is 5.41 Å². The van der Waals surface area contributed by atoms with Gasteiger partial charge in [0.2, 0.25) is 0 Å². The van der Waals surface area contributed by atoms with Gasteiger partial charge in [0.25, 0.3) is 0 Å². The lowest BCUT2D eigenvalue weighted by molar-refractivity contribution is 0.165. The van der Waals surface area contributed by atoms with Crippen LogP contribution < -0.4 is 5.32 Å². The lowest BCUT2D eigenvalue weighted by Crippen LogP contribution is -2.37. The molecule has 2 aliphatic carbocycles. The summed E-state index contributed by atoms with van der Waals surface area (Å²) in [5, 5.41) is 3.80. The summed E-state index contributed by atoms with van der Waals surface area (Å²) in [5.74, 6) is 2.66. The zero-order chi connectivity index (χ0) is 12.0. The van der Waals surface area contributed by atoms with E-state index >= 15 is 0 Å². The molecule has 0 aliphatic heterocycles. The molecule has 2 saturated carbocycles. The van der Waals surface area contributed by atoms with Gasteiger partial charge < -0.3 is 5.32 Å². The fourth-order valence-corrected chi connectivity index (χ4v) is 3.80. The second-order valence-corrected chi connectivity index (χ2v) is 7.41. The maximum atomic E-state index is 3.80. The Kier molecular flexibility index (Phi) is 5.68. The van der Waals surface area contributed by atoms with E-state index in [9.17, 15) is 0 Å². The standard InChI is InChI=1S/C15H29NS/c1-2-17-12-6-11-15(9-4-3-5-10-15)13-16-14-7-8-14/h14,16H,2-13H2,1H3. The predicted octanol–water partition coefficient (Wildman–Crippen LogP) is 4.22. The molecule has 2 fully saturated rings. The largest absolute Gasteiger partial charge is 0.313 e. The van der Waals surface area contributed by atoms with Crippen LogP contribution in [0.5, 0.6) is 0 Å². The highest BCUT2D eigenvalue weighted by atomic mass is 32.2. The molecule has 0 aromatic heterocycles. The highest BCUT2D eigenvalue weighted by Gasteiger charge is 2.33. The lowest BCUT2D eigenvalue weighted by atomic mass is 9.71. The quantitative estimate of drug-likeness (QED) is 0.652. The van der Waals surface area contributed by atoms with Crippen LogP contribution in [0.25, 0.3) is 0 Å². The fraction of sp³-hybridized carbons (Fsp3) is 1.00. The molecular weight excluding hydrogens is 226 g/mol. The van der Waals surface area contributed by atoms with Gasteiger partial charge >= 0.3 is 0 Å². The molecule has 0 atom stereocenters. The van der Waals surface area contributed by atoms with E-state index in [4.69, 9.17) is 0 Å². The molecule has 0 aromatic rings. The molecule has 2 heteroatoms. The first-order chi connectivity index (χ1) is 8.35. The van der Waals surface area contributed by atoms with Crippen molar-refractivity contribution in [2.75, 3.05) is 18.1 Å². The summed E-state index contributed by atoms with van der Waals surface area (Å²) < 4.78 is 0. The normalized spacial score (nSPS) is 23.8. The highest BCUT2D eigenvalue weighted by Crippen LogP contribution is 2.40. The van der Waals surface area contributed by atoms with Gasteiger partial charge in [-0.25, -0.2) is 0 Å². The van der Waals surface area contributed by atoms with Crippen molar-refractivity contribution in [2.45, 2.75) is 70.8 Å². The van der Waals surface area contributed by atoms with E-state index in [1.807, 2.05) is 0 Å². The van der Waals surface area contributed by atoms with E-state index in [-0.39, 0.29) is 0 Å². The van der Waals surface area contributed by atoms with Crippen LogP contribution in [0, 0.1) is 5.41 Å². The molecule has 17 heavy (non-hydrogen) atoms. The number of hydrogen-bond donors (Lipinski definition) is 1. The molecule has 1 nitrogen and oxygen atoms in total. The number of thioether (sulfide) groups is 1. The molecule has 2 aliphatic rings. The third-order valence-electron chi connectivity index (χ3n) is 4.46. The van der Waals surface area contributed by atoms with Crippen molar-refractivity contribution in [3.63, 3.8) is 0 Å². The van der Waals surface area contributed by atoms with Gasteiger partial charge in [0.05, 0.1) is 0 Å². The molecule has 0 radical (unpaired) electrons. The second-order valence-electron chi connectivity index (χ2n) is 6.02. The first-order valence-electron chi connectivity index (χ1n) is 7.66. The van der Waals surface area contributed by atoms with Crippen LogP contribution >= 0.6 is 11.8 Å². The first kappa shape index (κ1) is 13.7. The van der Waals surface area contributed by atoms with Crippen molar-refractivity contribution in [2.24, 2.45) is 5.41 Å². The van der Waals surface area contributed by atoms with Crippen LogP contribution in [0.3, 0.4) is 0 Å². The molecule has 2 rings (SSSR count). The van der Waals surface area contributed by atoms with Crippen molar-refractivity contribution in [1.82, 2.24) is 5.32 Å². The van der Waals surface area contributed by atoms with Gasteiger partial charge in [0, 0.05) is 12.6 Å². The van der Waals surface area contributed by atoms with E-state index in [1.165, 1.54) is 75.8 Å². The Morgan fingerprint density at radius 2 is 1.94 bits per heavy atom. The van der Waals surface area contributed by atoms with Gasteiger partial charge in [0.15, 0.2) is 0 Å². The zero-order valence-corrected chi connectivity index (χ0v) is 12.3. The van der Waals surface area contributed by atoms with Gasteiger partial charge in [-0.15, -0.1) is 0 Å². The minimum atomic E-state index is 0.676. The van der Waals surface area contributed by atoms with Crippen LogP contribution in [-0.4, -0.2) is 24.1 Å². The Balaban J connectivity index is 1.73. The van der Waals surface area contributed by atoms with Gasteiger partial charge in [-0.2, -0.15) is 11.8 Å². The summed E-state index contributed by atoms with van der Waals surface area (Å²) in [4.78, 5) is 0. The molecule has 0 amide bonds. The molecule has 0 saturated heterocycles. The van der Waals surface area contributed by atoms with Crippen LogP contribution in [0.1, 0.15) is 64.7 Å². The molecule has 0 heterocycles. The highest BCUT2D eigenvalue weighted by molar-refractivity contribution is 7.99. The minimum Gasteiger partial charge on any atom is -0.313 e. The maximum Gasteiger partial charge on any atom is 0.00684 e. The zero-order valence-electron chi connectivity index (χ0n) is 11.5. The van der Waals surface area contributed by atoms with Crippen LogP contribution in [0.2, 0.25) is 0 Å². The van der Waals surface area contributed by atoms with E-state index in [1.54, 1.807) is 0 Å². The molecule has 0 spiro atoms. The number of rotatable bonds is 8. The maximum absolute atomic E-state index is 3.80. The summed E-state index contributed by atoms with van der Waals surface area (Å²) in [7, 11) is 0. The van der Waals surface area contributed by atoms with Crippen molar-refractivity contribution in [3.8, 4) is 0 Å². The summed E-state index contributed by atoms with van der Waals surface area (Å²) >= 11 is 2.11. The second kappa shape index (κ2) is 7.04. The minimum absolute atomic E-state index is 0.676. The average molecular weight is 255 g/mol. The van der Waals surface area contributed by atoms with E-state index in [2.05, 4.69) is 24.0 Å².